The number of halogens is 2. The van der Waals surface area contributed by atoms with Gasteiger partial charge in [0.1, 0.15) is 5.15 Å². The van der Waals surface area contributed by atoms with Gasteiger partial charge in [-0.25, -0.2) is 9.97 Å². The summed E-state index contributed by atoms with van der Waals surface area (Å²) in [5, 5.41) is 3.86. The summed E-state index contributed by atoms with van der Waals surface area (Å²) in [5.74, 6) is 0.335. The molecule has 0 saturated heterocycles. The Morgan fingerprint density at radius 2 is 2.08 bits per heavy atom. The third-order valence-corrected chi connectivity index (χ3v) is 1.79. The maximum absolute atomic E-state index is 5.76. The van der Waals surface area contributed by atoms with E-state index in [2.05, 4.69) is 24.6 Å². The minimum atomic E-state index is 0.0808. The van der Waals surface area contributed by atoms with Crippen molar-refractivity contribution in [2.24, 2.45) is 0 Å². The highest BCUT2D eigenvalue weighted by molar-refractivity contribution is 6.33. The number of nitrogens with zero attached hydrogens (tertiary/aromatic N) is 4. The van der Waals surface area contributed by atoms with Crippen molar-refractivity contribution < 1.29 is 4.52 Å². The van der Waals surface area contributed by atoms with Crippen LogP contribution >= 0.6 is 23.2 Å². The fourth-order valence-electron chi connectivity index (χ4n) is 0.780. The molecule has 2 aromatic rings. The normalized spacial score (nSPS) is 10.3. The Morgan fingerprint density at radius 3 is 2.69 bits per heavy atom. The van der Waals surface area contributed by atoms with Gasteiger partial charge in [0.05, 0.1) is 5.56 Å². The third-order valence-electron chi connectivity index (χ3n) is 1.32. The summed E-state index contributed by atoms with van der Waals surface area (Å²) >= 11 is 11.3. The summed E-state index contributed by atoms with van der Waals surface area (Å²) in [6, 6.07) is 0. The van der Waals surface area contributed by atoms with Gasteiger partial charge in [-0.1, -0.05) is 16.8 Å². The van der Waals surface area contributed by atoms with E-state index in [9.17, 15) is 0 Å². The molecule has 0 aliphatic heterocycles. The van der Waals surface area contributed by atoms with Crippen LogP contribution in [0.4, 0.5) is 0 Å². The summed E-state index contributed by atoms with van der Waals surface area (Å²) in [4.78, 5) is 11.3. The average molecular weight is 217 g/mol. The summed E-state index contributed by atoms with van der Waals surface area (Å²) < 4.78 is 4.55. The van der Waals surface area contributed by atoms with Gasteiger partial charge >= 0.3 is 0 Å². The molecular weight excluding hydrogens is 215 g/mol. The van der Waals surface area contributed by atoms with Crippen LogP contribution in [0.5, 0.6) is 0 Å². The fraction of sp³-hybridized carbons (Fsp3) is 0. The lowest BCUT2D eigenvalue weighted by molar-refractivity contribution is 0.418. The minimum absolute atomic E-state index is 0.0808. The van der Waals surface area contributed by atoms with Crippen molar-refractivity contribution in [3.8, 4) is 11.4 Å². The molecular formula is C6H2Cl2N4O. The number of hydrogen-bond donors (Lipinski definition) is 0. The van der Waals surface area contributed by atoms with Gasteiger partial charge in [-0.05, 0) is 11.6 Å². The second-order valence-corrected chi connectivity index (χ2v) is 2.79. The largest absolute Gasteiger partial charge is 0.342 e. The topological polar surface area (TPSA) is 64.7 Å². The molecule has 0 fully saturated rings. The Hall–Kier alpha value is -1.20. The van der Waals surface area contributed by atoms with Crippen LogP contribution < -0.4 is 0 Å². The van der Waals surface area contributed by atoms with E-state index in [1.54, 1.807) is 0 Å². The van der Waals surface area contributed by atoms with E-state index in [-0.39, 0.29) is 10.4 Å². The smallest absolute Gasteiger partial charge is 0.223 e. The summed E-state index contributed by atoms with van der Waals surface area (Å²) in [5.41, 5.74) is 0.486. The van der Waals surface area contributed by atoms with Crippen molar-refractivity contribution >= 4 is 23.2 Å². The quantitative estimate of drug-likeness (QED) is 0.538. The molecule has 0 N–H and O–H groups in total. The number of hydrogen-bond acceptors (Lipinski definition) is 5. The Balaban J connectivity index is 2.53. The van der Waals surface area contributed by atoms with Gasteiger partial charge in [0.25, 0.3) is 0 Å². The molecule has 2 rings (SSSR count). The van der Waals surface area contributed by atoms with Crippen LogP contribution in [0.1, 0.15) is 0 Å². The zero-order chi connectivity index (χ0) is 9.26. The van der Waals surface area contributed by atoms with Gasteiger partial charge in [0.15, 0.2) is 0 Å². The molecule has 0 saturated carbocycles. The Labute approximate surface area is 82.7 Å². The van der Waals surface area contributed by atoms with E-state index in [0.29, 0.717) is 11.4 Å². The highest BCUT2D eigenvalue weighted by atomic mass is 35.5. The fourth-order valence-corrected chi connectivity index (χ4v) is 1.17. The molecule has 2 aromatic heterocycles. The van der Waals surface area contributed by atoms with Crippen molar-refractivity contribution in [1.82, 2.24) is 20.1 Å². The van der Waals surface area contributed by atoms with Gasteiger partial charge in [0, 0.05) is 6.20 Å². The standard InChI is InChI=1S/C6H2Cl2N4O/c7-4-3(1-9-6(8)11-4)5-10-2-13-12-5/h1-2H. The monoisotopic (exact) mass is 216 g/mol. The van der Waals surface area contributed by atoms with Gasteiger partial charge in [-0.3, -0.25) is 0 Å². The molecule has 2 heterocycles. The van der Waals surface area contributed by atoms with E-state index in [1.165, 1.54) is 12.6 Å². The second kappa shape index (κ2) is 3.27. The molecule has 0 aliphatic rings. The van der Waals surface area contributed by atoms with Crippen molar-refractivity contribution in [1.29, 1.82) is 0 Å². The lowest BCUT2D eigenvalue weighted by Crippen LogP contribution is -1.88. The first-order valence-corrected chi connectivity index (χ1v) is 3.98. The first-order chi connectivity index (χ1) is 6.27. The van der Waals surface area contributed by atoms with Crippen LogP contribution in [0.2, 0.25) is 10.4 Å². The number of aromatic nitrogens is 4. The van der Waals surface area contributed by atoms with Crippen molar-refractivity contribution in [2.75, 3.05) is 0 Å². The molecule has 66 valence electrons. The minimum Gasteiger partial charge on any atom is -0.342 e. The maximum Gasteiger partial charge on any atom is 0.223 e. The summed E-state index contributed by atoms with van der Waals surface area (Å²) in [6.45, 7) is 0. The van der Waals surface area contributed by atoms with Crippen LogP contribution in [0.15, 0.2) is 17.1 Å². The highest BCUT2D eigenvalue weighted by Crippen LogP contribution is 2.22. The zero-order valence-corrected chi connectivity index (χ0v) is 7.62. The van der Waals surface area contributed by atoms with E-state index in [1.807, 2.05) is 0 Å². The lowest BCUT2D eigenvalue weighted by atomic mass is 10.3. The molecule has 0 radical (unpaired) electrons. The van der Waals surface area contributed by atoms with Crippen LogP contribution in [0, 0.1) is 0 Å². The molecule has 0 amide bonds. The van der Waals surface area contributed by atoms with Crippen LogP contribution in [0.25, 0.3) is 11.4 Å². The van der Waals surface area contributed by atoms with Crippen molar-refractivity contribution in [3.63, 3.8) is 0 Å². The highest BCUT2D eigenvalue weighted by Gasteiger charge is 2.10. The zero-order valence-electron chi connectivity index (χ0n) is 6.11. The van der Waals surface area contributed by atoms with Crippen molar-refractivity contribution in [2.45, 2.75) is 0 Å². The van der Waals surface area contributed by atoms with Gasteiger partial charge in [-0.2, -0.15) is 4.98 Å². The average Bonchev–Trinajstić information content (AvgIpc) is 2.56. The first-order valence-electron chi connectivity index (χ1n) is 3.22. The summed E-state index contributed by atoms with van der Waals surface area (Å²) in [6.07, 6.45) is 2.63. The second-order valence-electron chi connectivity index (χ2n) is 2.10. The van der Waals surface area contributed by atoms with E-state index >= 15 is 0 Å². The van der Waals surface area contributed by atoms with Gasteiger partial charge < -0.3 is 4.52 Å². The summed E-state index contributed by atoms with van der Waals surface area (Å²) in [7, 11) is 0. The third kappa shape index (κ3) is 1.61. The Kier molecular flexibility index (Phi) is 2.12. The Bertz CT molecular complexity index is 417. The molecule has 0 spiro atoms. The lowest BCUT2D eigenvalue weighted by Gasteiger charge is -1.96. The van der Waals surface area contributed by atoms with Gasteiger partial charge in [0.2, 0.25) is 17.5 Å². The molecule has 0 bridgehead atoms. The SMILES string of the molecule is Clc1ncc(-c2ncon2)c(Cl)n1. The molecule has 0 atom stereocenters. The molecule has 0 unspecified atom stereocenters. The first kappa shape index (κ1) is 8.40. The molecule has 13 heavy (non-hydrogen) atoms. The van der Waals surface area contributed by atoms with Crippen molar-refractivity contribution in [3.05, 3.63) is 23.0 Å². The van der Waals surface area contributed by atoms with Crippen LogP contribution in [-0.4, -0.2) is 20.1 Å². The molecule has 5 nitrogen and oxygen atoms in total. The van der Waals surface area contributed by atoms with Crippen LogP contribution in [0.3, 0.4) is 0 Å². The van der Waals surface area contributed by atoms with Crippen LogP contribution in [-0.2, 0) is 0 Å². The van der Waals surface area contributed by atoms with Gasteiger partial charge in [-0.15, -0.1) is 0 Å². The van der Waals surface area contributed by atoms with E-state index in [0.717, 1.165) is 0 Å². The molecule has 7 heteroatoms. The predicted molar refractivity (Wildman–Crippen MR) is 45.3 cm³/mol. The van der Waals surface area contributed by atoms with E-state index < -0.39 is 0 Å². The molecule has 0 aromatic carbocycles. The maximum atomic E-state index is 5.76. The Morgan fingerprint density at radius 1 is 1.23 bits per heavy atom. The molecule has 0 aliphatic carbocycles. The number of rotatable bonds is 1. The van der Waals surface area contributed by atoms with E-state index in [4.69, 9.17) is 23.2 Å². The predicted octanol–water partition coefficient (Wildman–Crippen LogP) is 1.83.